The lowest BCUT2D eigenvalue weighted by atomic mass is 10.7. The van der Waals surface area contributed by atoms with Crippen LogP contribution in [0.25, 0.3) is 0 Å². The van der Waals surface area contributed by atoms with E-state index in [-0.39, 0.29) is 5.84 Å². The van der Waals surface area contributed by atoms with Gasteiger partial charge in [-0.2, -0.15) is 5.26 Å². The highest BCUT2D eigenvalue weighted by Gasteiger charge is 1.64. The quantitative estimate of drug-likeness (QED) is 0.206. The molecule has 0 aromatic rings. The Labute approximate surface area is 48.2 Å². The molecule has 0 fully saturated rings. The van der Waals surface area contributed by atoms with E-state index in [9.17, 15) is 0 Å². The molecule has 4 nitrogen and oxygen atoms in total. The van der Waals surface area contributed by atoms with Crippen LogP contribution >= 0.6 is 0 Å². The summed E-state index contributed by atoms with van der Waals surface area (Å²) in [5.74, 6) is 0.185. The van der Waals surface area contributed by atoms with Gasteiger partial charge >= 0.3 is 0 Å². The first kappa shape index (κ1) is 9.90. The molecule has 0 rings (SSSR count). The van der Waals surface area contributed by atoms with E-state index in [0.29, 0.717) is 0 Å². The topological polar surface area (TPSA) is 82.4 Å². The predicted octanol–water partition coefficient (Wildman–Crippen LogP) is 0.283. The number of amidine groups is 1. The Morgan fingerprint density at radius 2 is 2.00 bits per heavy atom. The van der Waals surface area contributed by atoms with Crippen LogP contribution in [0.1, 0.15) is 13.8 Å². The minimum Gasteiger partial charge on any atom is -0.409 e. The van der Waals surface area contributed by atoms with Gasteiger partial charge in [0.15, 0.2) is 0 Å². The van der Waals surface area contributed by atoms with E-state index in [1.807, 2.05) is 0 Å². The highest BCUT2D eigenvalue weighted by Crippen LogP contribution is 1.51. The van der Waals surface area contributed by atoms with Gasteiger partial charge in [-0.3, -0.25) is 0 Å². The van der Waals surface area contributed by atoms with Crippen LogP contribution in [0, 0.1) is 11.3 Å². The summed E-state index contributed by atoms with van der Waals surface area (Å²) < 4.78 is 0. The Hall–Kier alpha value is -1.24. The van der Waals surface area contributed by atoms with Crippen molar-refractivity contribution in [3.05, 3.63) is 0 Å². The summed E-state index contributed by atoms with van der Waals surface area (Å²) in [7, 11) is 0. The molecule has 0 aliphatic carbocycles. The van der Waals surface area contributed by atoms with Crippen molar-refractivity contribution in [2.75, 3.05) is 0 Å². The van der Waals surface area contributed by atoms with Crippen LogP contribution in [0.2, 0.25) is 0 Å². The van der Waals surface area contributed by atoms with Crippen LogP contribution < -0.4 is 5.73 Å². The zero-order chi connectivity index (χ0) is 6.99. The first-order valence-corrected chi connectivity index (χ1v) is 1.94. The highest BCUT2D eigenvalue weighted by atomic mass is 16.4. The van der Waals surface area contributed by atoms with Gasteiger partial charge in [-0.1, -0.05) is 5.16 Å². The van der Waals surface area contributed by atoms with E-state index in [1.54, 1.807) is 6.07 Å². The molecule has 0 aliphatic rings. The number of oxime groups is 1. The van der Waals surface area contributed by atoms with Gasteiger partial charge in [0.05, 0.1) is 6.07 Å². The number of hydrogen-bond donors (Lipinski definition) is 2. The first-order valence-electron chi connectivity index (χ1n) is 1.94. The second kappa shape index (κ2) is 9.23. The fraction of sp³-hybridized carbons (Fsp3) is 0.500. The molecule has 46 valence electrons. The third-order valence-electron chi connectivity index (χ3n) is 0.158. The van der Waals surface area contributed by atoms with E-state index < -0.39 is 0 Å². The standard InChI is InChI=1S/C2H6N2O.C2H3N/c1-2(3)4-5;1-2-3/h5H,1H3,(H2,3,4);1H3. The molecule has 0 aliphatic heterocycles. The van der Waals surface area contributed by atoms with E-state index in [4.69, 9.17) is 16.2 Å². The molecule has 0 aromatic heterocycles. The molecular formula is C4H9N3O. The molecule has 8 heavy (non-hydrogen) atoms. The highest BCUT2D eigenvalue weighted by molar-refractivity contribution is 5.76. The van der Waals surface area contributed by atoms with Crippen LogP contribution in [-0.4, -0.2) is 11.0 Å². The van der Waals surface area contributed by atoms with Crippen molar-refractivity contribution in [1.82, 2.24) is 0 Å². The largest absolute Gasteiger partial charge is 0.409 e. The Morgan fingerprint density at radius 1 is 1.88 bits per heavy atom. The molecule has 3 N–H and O–H groups in total. The van der Waals surface area contributed by atoms with Crippen molar-refractivity contribution in [2.45, 2.75) is 13.8 Å². The molecule has 0 saturated heterocycles. The monoisotopic (exact) mass is 115 g/mol. The van der Waals surface area contributed by atoms with Gasteiger partial charge in [0.25, 0.3) is 0 Å². The Kier molecular flexibility index (Phi) is 11.4. The van der Waals surface area contributed by atoms with E-state index in [0.717, 1.165) is 0 Å². The Balaban J connectivity index is 0. The summed E-state index contributed by atoms with van der Waals surface area (Å²) in [5, 5.41) is 17.5. The third kappa shape index (κ3) is 117. The lowest BCUT2D eigenvalue weighted by Gasteiger charge is -1.73. The average molecular weight is 115 g/mol. The van der Waals surface area contributed by atoms with Gasteiger partial charge in [-0.05, 0) is 6.92 Å². The summed E-state index contributed by atoms with van der Waals surface area (Å²) in [6.45, 7) is 2.93. The fourth-order valence-corrected chi connectivity index (χ4v) is 0. The normalized spacial score (nSPS) is 8.38. The summed E-state index contributed by atoms with van der Waals surface area (Å²) in [6, 6.07) is 1.75. The average Bonchev–Trinajstić information content (AvgIpc) is 1.69. The molecular weight excluding hydrogens is 106 g/mol. The van der Waals surface area contributed by atoms with Gasteiger partial charge in [0.1, 0.15) is 5.84 Å². The van der Waals surface area contributed by atoms with Crippen LogP contribution in [0.3, 0.4) is 0 Å². The van der Waals surface area contributed by atoms with Gasteiger partial charge < -0.3 is 10.9 Å². The van der Waals surface area contributed by atoms with Crippen molar-refractivity contribution in [3.63, 3.8) is 0 Å². The fourth-order valence-electron chi connectivity index (χ4n) is 0. The molecule has 0 amide bonds. The molecule has 0 spiro atoms. The maximum absolute atomic E-state index is 7.61. The van der Waals surface area contributed by atoms with Crippen molar-refractivity contribution in [2.24, 2.45) is 10.9 Å². The van der Waals surface area contributed by atoms with Gasteiger partial charge in [-0.25, -0.2) is 0 Å². The minimum atomic E-state index is 0.185. The van der Waals surface area contributed by atoms with E-state index in [1.165, 1.54) is 13.8 Å². The molecule has 0 bridgehead atoms. The zero-order valence-electron chi connectivity index (χ0n) is 4.92. The SMILES string of the molecule is C/C(N)=N/O.CC#N. The molecule has 0 radical (unpaired) electrons. The number of nitrogens with two attached hydrogens (primary N) is 1. The Bertz CT molecular complexity index is 98.3. The van der Waals surface area contributed by atoms with Crippen molar-refractivity contribution < 1.29 is 5.21 Å². The number of rotatable bonds is 0. The lowest BCUT2D eigenvalue weighted by Crippen LogP contribution is -2.03. The second-order valence-corrected chi connectivity index (χ2v) is 0.965. The molecule has 0 unspecified atom stereocenters. The summed E-state index contributed by atoms with van der Waals surface area (Å²) >= 11 is 0. The molecule has 0 saturated carbocycles. The van der Waals surface area contributed by atoms with Crippen molar-refractivity contribution in [1.29, 1.82) is 5.26 Å². The zero-order valence-corrected chi connectivity index (χ0v) is 4.92. The van der Waals surface area contributed by atoms with Gasteiger partial charge in [0.2, 0.25) is 0 Å². The minimum absolute atomic E-state index is 0.185. The Morgan fingerprint density at radius 3 is 2.00 bits per heavy atom. The first-order chi connectivity index (χ1) is 3.68. The third-order valence-corrected chi connectivity index (χ3v) is 0.158. The molecule has 4 heteroatoms. The number of hydrogen-bond acceptors (Lipinski definition) is 3. The maximum Gasteiger partial charge on any atom is 0.135 e. The molecule has 0 atom stereocenters. The van der Waals surface area contributed by atoms with E-state index >= 15 is 0 Å². The summed E-state index contributed by atoms with van der Waals surface area (Å²) in [5.41, 5.74) is 4.79. The van der Waals surface area contributed by atoms with Crippen LogP contribution in [0.15, 0.2) is 5.16 Å². The lowest BCUT2D eigenvalue weighted by molar-refractivity contribution is 0.318. The van der Waals surface area contributed by atoms with Crippen molar-refractivity contribution >= 4 is 5.84 Å². The second-order valence-electron chi connectivity index (χ2n) is 0.965. The summed E-state index contributed by atoms with van der Waals surface area (Å²) in [6.07, 6.45) is 0. The van der Waals surface area contributed by atoms with Crippen molar-refractivity contribution in [3.8, 4) is 6.07 Å². The van der Waals surface area contributed by atoms with Gasteiger partial charge in [-0.15, -0.1) is 0 Å². The predicted molar refractivity (Wildman–Crippen MR) is 30.4 cm³/mol. The van der Waals surface area contributed by atoms with Gasteiger partial charge in [0, 0.05) is 6.92 Å². The summed E-state index contributed by atoms with van der Waals surface area (Å²) in [4.78, 5) is 0. The smallest absolute Gasteiger partial charge is 0.135 e. The molecule has 0 aromatic carbocycles. The number of nitrogens with zero attached hydrogens (tertiary/aromatic N) is 2. The number of nitriles is 1. The van der Waals surface area contributed by atoms with Crippen LogP contribution in [-0.2, 0) is 0 Å². The van der Waals surface area contributed by atoms with E-state index in [2.05, 4.69) is 5.16 Å². The van der Waals surface area contributed by atoms with Crippen LogP contribution in [0.5, 0.6) is 0 Å². The van der Waals surface area contributed by atoms with Crippen LogP contribution in [0.4, 0.5) is 0 Å². The maximum atomic E-state index is 7.61. The molecule has 0 heterocycles.